The average Bonchev–Trinajstić information content (AvgIpc) is 2.77. The van der Waals surface area contributed by atoms with E-state index in [1.54, 1.807) is 11.9 Å². The molecule has 1 amide bonds. The number of carbonyl (C=O) groups excluding carboxylic acids is 1. The molecule has 1 aliphatic rings. The highest BCUT2D eigenvalue weighted by Crippen LogP contribution is 2.38. The normalized spacial score (nSPS) is 14.8. The average molecular weight is 420 g/mol. The van der Waals surface area contributed by atoms with Gasteiger partial charge in [0.1, 0.15) is 5.82 Å². The molecule has 0 aliphatic carbocycles. The number of carbonyl (C=O) groups is 1. The van der Waals surface area contributed by atoms with Crippen molar-refractivity contribution >= 4 is 46.8 Å². The highest BCUT2D eigenvalue weighted by molar-refractivity contribution is 6.31. The number of fused-ring (bicyclic) bond motifs is 1. The first-order valence-corrected chi connectivity index (χ1v) is 10.2. The Morgan fingerprint density at radius 3 is 2.70 bits per heavy atom. The Kier molecular flexibility index (Phi) is 5.77. The van der Waals surface area contributed by atoms with E-state index in [4.69, 9.17) is 16.6 Å². The number of piperidine rings is 1. The first-order valence-electron chi connectivity index (χ1n) is 9.82. The van der Waals surface area contributed by atoms with Gasteiger partial charge in [0.2, 0.25) is 5.91 Å². The first kappa shape index (κ1) is 20.0. The maximum Gasteiger partial charge on any atom is 0.228 e. The van der Waals surface area contributed by atoms with E-state index in [0.29, 0.717) is 35.2 Å². The molecule has 1 aliphatic heterocycles. The molecule has 2 heterocycles. The maximum atomic E-state index is 12.8. The number of pyridine rings is 1. The van der Waals surface area contributed by atoms with Gasteiger partial charge in [0.05, 0.1) is 11.1 Å². The van der Waals surface area contributed by atoms with Gasteiger partial charge >= 0.3 is 0 Å². The largest absolute Gasteiger partial charge is 0.296 e. The van der Waals surface area contributed by atoms with Crippen LogP contribution in [0.25, 0.3) is 22.0 Å². The summed E-state index contributed by atoms with van der Waals surface area (Å²) in [4.78, 5) is 23.9. The van der Waals surface area contributed by atoms with Crippen molar-refractivity contribution in [3.05, 3.63) is 59.1 Å². The van der Waals surface area contributed by atoms with Crippen LogP contribution in [0, 0.1) is 0 Å². The zero-order valence-electron chi connectivity index (χ0n) is 16.7. The Bertz CT molecular complexity index is 1140. The second-order valence-electron chi connectivity index (χ2n) is 7.06. The lowest BCUT2D eigenvalue weighted by Crippen LogP contribution is -2.38. The Labute approximate surface area is 180 Å². The molecule has 0 bridgehead atoms. The number of aliphatic imine (C=N–C) groups is 1. The molecule has 4 rings (SSSR count). The summed E-state index contributed by atoms with van der Waals surface area (Å²) in [5.74, 6) is 1.13. The number of nitrogens with one attached hydrogen (secondary N) is 1. The van der Waals surface area contributed by atoms with Crippen LogP contribution in [-0.2, 0) is 4.79 Å². The van der Waals surface area contributed by atoms with Crippen LogP contribution in [0.1, 0.15) is 24.8 Å². The summed E-state index contributed by atoms with van der Waals surface area (Å²) in [6, 6.07) is 15.6. The van der Waals surface area contributed by atoms with Gasteiger partial charge in [0, 0.05) is 42.7 Å². The summed E-state index contributed by atoms with van der Waals surface area (Å²) >= 11 is 6.35. The topological polar surface area (TPSA) is 70.0 Å². The van der Waals surface area contributed by atoms with Crippen LogP contribution in [0.4, 0.5) is 5.82 Å². The summed E-state index contributed by atoms with van der Waals surface area (Å²) < 4.78 is 0. The minimum Gasteiger partial charge on any atom is -0.296 e. The van der Waals surface area contributed by atoms with Gasteiger partial charge in [-0.05, 0) is 36.6 Å². The number of amidine groups is 1. The van der Waals surface area contributed by atoms with E-state index in [2.05, 4.69) is 22.2 Å². The van der Waals surface area contributed by atoms with E-state index in [9.17, 15) is 4.79 Å². The summed E-state index contributed by atoms with van der Waals surface area (Å²) in [5, 5.41) is 5.32. The Morgan fingerprint density at radius 1 is 1.20 bits per heavy atom. The number of amides is 1. The standard InChI is InChI=1S/C23H22ClN5O/c1-25-22(28-26-2)21-20(15-8-4-3-5-9-15)17-14-16(24)11-12-18(17)27-23(21)29-13-7-6-10-19(29)30/h3-5,8-9,11-12,14H,2,6-7,10,13H2,1H3,(H,25,28). The molecule has 1 aromatic heterocycles. The highest BCUT2D eigenvalue weighted by atomic mass is 35.5. The van der Waals surface area contributed by atoms with Crippen molar-refractivity contribution in [3.63, 3.8) is 0 Å². The third-order valence-electron chi connectivity index (χ3n) is 5.21. The van der Waals surface area contributed by atoms with Crippen molar-refractivity contribution < 1.29 is 4.79 Å². The third kappa shape index (κ3) is 3.66. The monoisotopic (exact) mass is 419 g/mol. The number of aromatic nitrogens is 1. The summed E-state index contributed by atoms with van der Waals surface area (Å²) in [7, 11) is 1.67. The van der Waals surface area contributed by atoms with Gasteiger partial charge in [-0.2, -0.15) is 5.10 Å². The van der Waals surface area contributed by atoms with E-state index >= 15 is 0 Å². The first-order chi connectivity index (χ1) is 14.6. The van der Waals surface area contributed by atoms with Gasteiger partial charge in [0.25, 0.3) is 0 Å². The molecule has 1 fully saturated rings. The van der Waals surface area contributed by atoms with E-state index in [1.807, 2.05) is 48.5 Å². The molecule has 0 spiro atoms. The molecule has 0 atom stereocenters. The van der Waals surface area contributed by atoms with Gasteiger partial charge in [0.15, 0.2) is 5.84 Å². The SMILES string of the molecule is C=NNC(=NC)c1c(N2CCCCC2=O)nc2ccc(Cl)cc2c1-c1ccccc1. The van der Waals surface area contributed by atoms with Gasteiger partial charge < -0.3 is 0 Å². The van der Waals surface area contributed by atoms with E-state index in [1.165, 1.54) is 0 Å². The Hall–Kier alpha value is -3.25. The Morgan fingerprint density at radius 2 is 2.00 bits per heavy atom. The molecule has 6 nitrogen and oxygen atoms in total. The zero-order valence-corrected chi connectivity index (χ0v) is 17.5. The quantitative estimate of drug-likeness (QED) is 0.380. The highest BCUT2D eigenvalue weighted by Gasteiger charge is 2.29. The molecule has 1 saturated heterocycles. The molecule has 0 radical (unpaired) electrons. The number of benzene rings is 2. The lowest BCUT2D eigenvalue weighted by molar-refractivity contribution is -0.119. The van der Waals surface area contributed by atoms with Crippen molar-refractivity contribution in [2.45, 2.75) is 19.3 Å². The summed E-state index contributed by atoms with van der Waals surface area (Å²) in [6.45, 7) is 4.16. The number of hydrogen-bond acceptors (Lipinski definition) is 4. The molecule has 1 N–H and O–H groups in total. The van der Waals surface area contributed by atoms with E-state index in [-0.39, 0.29) is 5.91 Å². The van der Waals surface area contributed by atoms with Crippen molar-refractivity contribution in [1.82, 2.24) is 10.4 Å². The van der Waals surface area contributed by atoms with Crippen LogP contribution in [0.3, 0.4) is 0 Å². The van der Waals surface area contributed by atoms with Crippen LogP contribution in [-0.4, -0.2) is 37.0 Å². The van der Waals surface area contributed by atoms with Gasteiger partial charge in [-0.15, -0.1) is 0 Å². The van der Waals surface area contributed by atoms with Crippen LogP contribution in [0.15, 0.2) is 58.6 Å². The molecule has 152 valence electrons. The fourth-order valence-electron chi connectivity index (χ4n) is 3.87. The van der Waals surface area contributed by atoms with E-state index < -0.39 is 0 Å². The predicted molar refractivity (Wildman–Crippen MR) is 124 cm³/mol. The fraction of sp³-hybridized carbons (Fsp3) is 0.217. The molecule has 3 aromatic rings. The van der Waals surface area contributed by atoms with Gasteiger partial charge in [-0.25, -0.2) is 4.98 Å². The lowest BCUT2D eigenvalue weighted by Gasteiger charge is -2.29. The molecule has 0 unspecified atom stereocenters. The number of nitrogens with zero attached hydrogens (tertiary/aromatic N) is 4. The third-order valence-corrected chi connectivity index (χ3v) is 5.45. The lowest BCUT2D eigenvalue weighted by atomic mass is 9.94. The van der Waals surface area contributed by atoms with Crippen molar-refractivity contribution in [1.29, 1.82) is 0 Å². The molecular weight excluding hydrogens is 398 g/mol. The minimum atomic E-state index is 0.0596. The van der Waals surface area contributed by atoms with Crippen LogP contribution in [0.5, 0.6) is 0 Å². The van der Waals surface area contributed by atoms with Crippen LogP contribution >= 0.6 is 11.6 Å². The predicted octanol–water partition coefficient (Wildman–Crippen LogP) is 4.65. The van der Waals surface area contributed by atoms with Gasteiger partial charge in [-0.1, -0.05) is 41.9 Å². The number of hydrogen-bond donors (Lipinski definition) is 1. The second-order valence-corrected chi connectivity index (χ2v) is 7.49. The smallest absolute Gasteiger partial charge is 0.228 e. The molecule has 2 aromatic carbocycles. The minimum absolute atomic E-state index is 0.0596. The number of rotatable bonds is 4. The van der Waals surface area contributed by atoms with Crippen LogP contribution < -0.4 is 10.3 Å². The number of halogens is 1. The fourth-order valence-corrected chi connectivity index (χ4v) is 4.04. The maximum absolute atomic E-state index is 12.8. The summed E-state index contributed by atoms with van der Waals surface area (Å²) in [6.07, 6.45) is 2.32. The van der Waals surface area contributed by atoms with Gasteiger partial charge in [-0.3, -0.25) is 20.1 Å². The number of hydrazone groups is 1. The van der Waals surface area contributed by atoms with Crippen molar-refractivity contribution in [2.24, 2.45) is 10.1 Å². The zero-order chi connectivity index (χ0) is 21.1. The molecule has 7 heteroatoms. The van der Waals surface area contributed by atoms with Crippen molar-refractivity contribution in [3.8, 4) is 11.1 Å². The van der Waals surface area contributed by atoms with Crippen molar-refractivity contribution in [2.75, 3.05) is 18.5 Å². The molecular formula is C23H22ClN5O. The Balaban J connectivity index is 2.13. The van der Waals surface area contributed by atoms with E-state index in [0.717, 1.165) is 34.9 Å². The summed E-state index contributed by atoms with van der Waals surface area (Å²) in [5.41, 5.74) is 6.22. The molecule has 30 heavy (non-hydrogen) atoms. The van der Waals surface area contributed by atoms with Crippen LogP contribution in [0.2, 0.25) is 5.02 Å². The second kappa shape index (κ2) is 8.63. The number of anilines is 1. The molecule has 0 saturated carbocycles.